The van der Waals surface area contributed by atoms with Crippen molar-refractivity contribution in [1.29, 1.82) is 0 Å². The summed E-state index contributed by atoms with van der Waals surface area (Å²) in [5.41, 5.74) is 2.51. The van der Waals surface area contributed by atoms with Crippen LogP contribution in [0.3, 0.4) is 0 Å². The second kappa shape index (κ2) is 2.99. The Morgan fingerprint density at radius 1 is 1.36 bits per heavy atom. The van der Waals surface area contributed by atoms with E-state index in [1.165, 1.54) is 24.0 Å². The van der Waals surface area contributed by atoms with Crippen molar-refractivity contribution in [1.82, 2.24) is 5.32 Å². The molecule has 2 unspecified atom stereocenters. The summed E-state index contributed by atoms with van der Waals surface area (Å²) in [5.74, 6) is 1.23. The Labute approximate surface area is 84.0 Å². The van der Waals surface area contributed by atoms with Gasteiger partial charge < -0.3 is 10.4 Å². The van der Waals surface area contributed by atoms with Gasteiger partial charge in [0.15, 0.2) is 0 Å². The second-order valence-electron chi connectivity index (χ2n) is 4.39. The van der Waals surface area contributed by atoms with Crippen LogP contribution in [0.15, 0.2) is 18.2 Å². The molecule has 0 spiro atoms. The maximum Gasteiger partial charge on any atom is 0.120 e. The van der Waals surface area contributed by atoms with Gasteiger partial charge in [-0.2, -0.15) is 0 Å². The molecule has 1 saturated heterocycles. The molecule has 1 fully saturated rings. The van der Waals surface area contributed by atoms with E-state index < -0.39 is 0 Å². The number of phenols is 1. The summed E-state index contributed by atoms with van der Waals surface area (Å²) in [5, 5.41) is 13.3. The molecule has 1 aromatic rings. The molecule has 14 heavy (non-hydrogen) atoms. The van der Waals surface area contributed by atoms with E-state index in [-0.39, 0.29) is 0 Å². The molecule has 0 radical (unpaired) electrons. The van der Waals surface area contributed by atoms with Crippen LogP contribution in [0.4, 0.5) is 0 Å². The van der Waals surface area contributed by atoms with E-state index in [2.05, 4.69) is 11.4 Å². The molecule has 0 aromatic heterocycles. The number of hydrogen-bond donors (Lipinski definition) is 2. The first-order valence-corrected chi connectivity index (χ1v) is 5.40. The molecule has 1 aliphatic heterocycles. The summed E-state index contributed by atoms with van der Waals surface area (Å²) in [4.78, 5) is 0. The molecule has 1 heterocycles. The number of nitrogens with one attached hydrogen (secondary N) is 1. The van der Waals surface area contributed by atoms with Crippen LogP contribution in [0, 0.1) is 5.92 Å². The quantitative estimate of drug-likeness (QED) is 0.654. The highest BCUT2D eigenvalue weighted by atomic mass is 16.3. The molecule has 1 aromatic carbocycles. The Bertz CT molecular complexity index is 361. The number of hydrogen-bond acceptors (Lipinski definition) is 2. The van der Waals surface area contributed by atoms with E-state index in [4.69, 9.17) is 0 Å². The summed E-state index contributed by atoms with van der Waals surface area (Å²) in [7, 11) is 0. The molecule has 2 heteroatoms. The van der Waals surface area contributed by atoms with Gasteiger partial charge in [-0.25, -0.2) is 0 Å². The normalized spacial score (nSPS) is 29.7. The first-order chi connectivity index (χ1) is 6.86. The highest BCUT2D eigenvalue weighted by Gasteiger charge is 2.35. The fraction of sp³-hybridized carbons (Fsp3) is 0.500. The summed E-state index contributed by atoms with van der Waals surface area (Å²) in [6.07, 6.45) is 3.68. The zero-order valence-corrected chi connectivity index (χ0v) is 8.16. The van der Waals surface area contributed by atoms with Crippen molar-refractivity contribution in [3.63, 3.8) is 0 Å². The second-order valence-corrected chi connectivity index (χ2v) is 4.39. The SMILES string of the molecule is Oc1cccc2c1C1NCC1CCC2. The minimum atomic E-state index is 0.425. The topological polar surface area (TPSA) is 32.3 Å². The lowest BCUT2D eigenvalue weighted by Gasteiger charge is -2.38. The van der Waals surface area contributed by atoms with Gasteiger partial charge in [-0.3, -0.25) is 0 Å². The maximum atomic E-state index is 9.86. The van der Waals surface area contributed by atoms with E-state index >= 15 is 0 Å². The van der Waals surface area contributed by atoms with Crippen molar-refractivity contribution in [3.05, 3.63) is 29.3 Å². The number of fused-ring (bicyclic) bond motifs is 3. The van der Waals surface area contributed by atoms with Gasteiger partial charge in [-0.15, -0.1) is 0 Å². The third-order valence-electron chi connectivity index (χ3n) is 3.58. The van der Waals surface area contributed by atoms with Gasteiger partial charge in [-0.05, 0) is 36.8 Å². The zero-order chi connectivity index (χ0) is 9.54. The van der Waals surface area contributed by atoms with E-state index in [1.54, 1.807) is 6.07 Å². The van der Waals surface area contributed by atoms with E-state index in [9.17, 15) is 5.11 Å². The predicted octanol–water partition coefficient (Wildman–Crippen LogP) is 1.99. The molecule has 2 nitrogen and oxygen atoms in total. The molecule has 2 N–H and O–H groups in total. The highest BCUT2D eigenvalue weighted by Crippen LogP contribution is 2.41. The summed E-state index contributed by atoms with van der Waals surface area (Å²) in [6.45, 7) is 1.12. The average molecular weight is 189 g/mol. The van der Waals surface area contributed by atoms with Gasteiger partial charge in [0, 0.05) is 18.2 Å². The summed E-state index contributed by atoms with van der Waals surface area (Å²) >= 11 is 0. The third kappa shape index (κ3) is 1.07. The van der Waals surface area contributed by atoms with Crippen LogP contribution in [0.1, 0.15) is 30.0 Å². The lowest BCUT2D eigenvalue weighted by atomic mass is 9.84. The lowest BCUT2D eigenvalue weighted by molar-refractivity contribution is 0.220. The van der Waals surface area contributed by atoms with Crippen molar-refractivity contribution >= 4 is 0 Å². The molecule has 0 saturated carbocycles. The molecule has 0 amide bonds. The molecule has 3 rings (SSSR count). The molecule has 0 bridgehead atoms. The van der Waals surface area contributed by atoms with Gasteiger partial charge in [-0.1, -0.05) is 12.1 Å². The van der Waals surface area contributed by atoms with Crippen molar-refractivity contribution < 1.29 is 5.11 Å². The van der Waals surface area contributed by atoms with Crippen LogP contribution < -0.4 is 5.32 Å². The maximum absolute atomic E-state index is 9.86. The highest BCUT2D eigenvalue weighted by molar-refractivity contribution is 5.43. The number of aryl methyl sites for hydroxylation is 1. The van der Waals surface area contributed by atoms with Crippen molar-refractivity contribution in [2.24, 2.45) is 5.92 Å². The fourth-order valence-electron chi connectivity index (χ4n) is 2.74. The number of aromatic hydroxyl groups is 1. The Kier molecular flexibility index (Phi) is 1.77. The fourth-order valence-corrected chi connectivity index (χ4v) is 2.74. The van der Waals surface area contributed by atoms with Crippen LogP contribution in [0.2, 0.25) is 0 Å². The third-order valence-corrected chi connectivity index (χ3v) is 3.58. The Morgan fingerprint density at radius 2 is 2.29 bits per heavy atom. The van der Waals surface area contributed by atoms with Gasteiger partial charge in [0.05, 0.1) is 0 Å². The van der Waals surface area contributed by atoms with Crippen LogP contribution in [-0.2, 0) is 6.42 Å². The lowest BCUT2D eigenvalue weighted by Crippen LogP contribution is -2.45. The van der Waals surface area contributed by atoms with Crippen molar-refractivity contribution in [2.45, 2.75) is 25.3 Å². The number of phenolic OH excluding ortho intramolecular Hbond substituents is 1. The first-order valence-electron chi connectivity index (χ1n) is 5.40. The molecular weight excluding hydrogens is 174 g/mol. The van der Waals surface area contributed by atoms with Crippen LogP contribution in [0.5, 0.6) is 5.75 Å². The van der Waals surface area contributed by atoms with Crippen molar-refractivity contribution in [2.75, 3.05) is 6.54 Å². The van der Waals surface area contributed by atoms with E-state index in [0.29, 0.717) is 11.8 Å². The Hall–Kier alpha value is -1.02. The largest absolute Gasteiger partial charge is 0.508 e. The van der Waals surface area contributed by atoms with Gasteiger partial charge in [0.25, 0.3) is 0 Å². The van der Waals surface area contributed by atoms with Crippen LogP contribution in [0.25, 0.3) is 0 Å². The summed E-state index contributed by atoms with van der Waals surface area (Å²) < 4.78 is 0. The predicted molar refractivity (Wildman–Crippen MR) is 55.3 cm³/mol. The molecule has 1 aliphatic carbocycles. The summed E-state index contributed by atoms with van der Waals surface area (Å²) in [6, 6.07) is 6.33. The van der Waals surface area contributed by atoms with Crippen molar-refractivity contribution in [3.8, 4) is 5.75 Å². The van der Waals surface area contributed by atoms with Gasteiger partial charge in [0.2, 0.25) is 0 Å². The van der Waals surface area contributed by atoms with Gasteiger partial charge >= 0.3 is 0 Å². The van der Waals surface area contributed by atoms with Crippen LogP contribution in [-0.4, -0.2) is 11.7 Å². The van der Waals surface area contributed by atoms with E-state index in [1.807, 2.05) is 6.07 Å². The molecular formula is C12H15NO. The molecule has 2 aliphatic rings. The van der Waals surface area contributed by atoms with Crippen LogP contribution >= 0.6 is 0 Å². The monoisotopic (exact) mass is 189 g/mol. The van der Waals surface area contributed by atoms with E-state index in [0.717, 1.165) is 18.9 Å². The zero-order valence-electron chi connectivity index (χ0n) is 8.16. The Balaban J connectivity index is 2.10. The smallest absolute Gasteiger partial charge is 0.120 e. The number of rotatable bonds is 0. The minimum Gasteiger partial charge on any atom is -0.508 e. The Morgan fingerprint density at radius 3 is 3.07 bits per heavy atom. The number of benzene rings is 1. The molecule has 74 valence electrons. The average Bonchev–Trinajstić information content (AvgIpc) is 2.26. The van der Waals surface area contributed by atoms with Gasteiger partial charge in [0.1, 0.15) is 5.75 Å². The minimum absolute atomic E-state index is 0.425. The first kappa shape index (κ1) is 8.30. The molecule has 2 atom stereocenters. The standard InChI is InChI=1S/C12H15NO/c14-10-6-2-4-8-3-1-5-9-7-13-12(9)11(8)10/h2,4,6,9,12-14H,1,3,5,7H2.